The van der Waals surface area contributed by atoms with Crippen molar-refractivity contribution in [2.75, 3.05) is 0 Å². The molecular formula is C37H30BF6N3O6. The van der Waals surface area contributed by atoms with E-state index in [1.807, 2.05) is 36.4 Å². The van der Waals surface area contributed by atoms with Gasteiger partial charge < -0.3 is 24.6 Å². The van der Waals surface area contributed by atoms with Crippen molar-refractivity contribution in [1.29, 1.82) is 0 Å². The molecule has 0 spiro atoms. The van der Waals surface area contributed by atoms with E-state index in [0.717, 1.165) is 23.4 Å². The van der Waals surface area contributed by atoms with E-state index in [4.69, 9.17) is 19.5 Å². The first-order valence-corrected chi connectivity index (χ1v) is 16.0. The number of carboxylic acid groups (broad SMARTS) is 1. The molecule has 0 saturated heterocycles. The molecule has 0 atom stereocenters. The van der Waals surface area contributed by atoms with Gasteiger partial charge in [0, 0.05) is 23.4 Å². The van der Waals surface area contributed by atoms with Gasteiger partial charge in [0.25, 0.3) is 0 Å². The van der Waals surface area contributed by atoms with Crippen LogP contribution in [0.25, 0.3) is 11.1 Å². The van der Waals surface area contributed by atoms with E-state index < -0.39 is 42.0 Å². The fourth-order valence-corrected chi connectivity index (χ4v) is 5.37. The number of allylic oxidation sites excluding steroid dienone is 2. The number of halogens is 6. The molecule has 1 aliphatic carbocycles. The standard InChI is InChI=1S/C24H19F3N2O3.C13H11BF3NO3/c25-24(26,27)16-12-19(22(28-13-16)32-14-15-6-2-1-3-7-15)17-8-4-9-18(17)20-10-5-11-21(29-20)23(30)31;15-13(16,17)10-6-11(14(19)20)12(18-7-10)21-8-9-4-2-1-3-5-9/h1-3,5-7,10-13H,4,8-9,14H2,(H,30,31);1-7,19-20H,8H2. The second-order valence-corrected chi connectivity index (χ2v) is 11.6. The Morgan fingerprint density at radius 1 is 0.698 bits per heavy atom. The van der Waals surface area contributed by atoms with Gasteiger partial charge in [-0.15, -0.1) is 0 Å². The average Bonchev–Trinajstić information content (AvgIpc) is 3.63. The number of carboxylic acids is 1. The smallest absolute Gasteiger partial charge is 0.477 e. The van der Waals surface area contributed by atoms with E-state index in [1.54, 1.807) is 36.4 Å². The lowest BCUT2D eigenvalue weighted by Crippen LogP contribution is -2.33. The van der Waals surface area contributed by atoms with Crippen molar-refractivity contribution in [3.63, 3.8) is 0 Å². The summed E-state index contributed by atoms with van der Waals surface area (Å²) in [6.07, 6.45) is -6.03. The van der Waals surface area contributed by atoms with Crippen LogP contribution >= 0.6 is 0 Å². The van der Waals surface area contributed by atoms with E-state index in [1.165, 1.54) is 6.07 Å². The van der Waals surface area contributed by atoms with Gasteiger partial charge in [-0.3, -0.25) is 0 Å². The third-order valence-electron chi connectivity index (χ3n) is 7.92. The average molecular weight is 737 g/mol. The summed E-state index contributed by atoms with van der Waals surface area (Å²) in [7, 11) is -2.11. The highest BCUT2D eigenvalue weighted by Crippen LogP contribution is 2.43. The monoisotopic (exact) mass is 737 g/mol. The molecule has 53 heavy (non-hydrogen) atoms. The van der Waals surface area contributed by atoms with Crippen LogP contribution in [0.5, 0.6) is 11.8 Å². The molecule has 3 aromatic heterocycles. The Bertz CT molecular complexity index is 2060. The predicted molar refractivity (Wildman–Crippen MR) is 182 cm³/mol. The number of rotatable bonds is 10. The van der Waals surface area contributed by atoms with Crippen LogP contribution in [-0.2, 0) is 25.6 Å². The third kappa shape index (κ3) is 10.2. The van der Waals surface area contributed by atoms with Crippen LogP contribution in [-0.4, -0.2) is 43.2 Å². The minimum absolute atomic E-state index is 0.0545. The number of hydrogen-bond acceptors (Lipinski definition) is 8. The molecule has 0 amide bonds. The minimum Gasteiger partial charge on any atom is -0.477 e. The summed E-state index contributed by atoms with van der Waals surface area (Å²) in [6, 6.07) is 24.4. The first kappa shape index (κ1) is 38.5. The van der Waals surface area contributed by atoms with Crippen LogP contribution < -0.4 is 14.9 Å². The Labute approximate surface area is 299 Å². The number of alkyl halides is 6. The second-order valence-electron chi connectivity index (χ2n) is 11.6. The fourth-order valence-electron chi connectivity index (χ4n) is 5.37. The molecule has 0 bridgehead atoms. The number of nitrogens with zero attached hydrogens (tertiary/aromatic N) is 3. The molecule has 0 fully saturated rings. The number of carbonyl (C=O) groups is 1. The summed E-state index contributed by atoms with van der Waals surface area (Å²) >= 11 is 0. The highest BCUT2D eigenvalue weighted by atomic mass is 19.4. The van der Waals surface area contributed by atoms with Gasteiger partial charge in [-0.05, 0) is 65.8 Å². The van der Waals surface area contributed by atoms with Crippen molar-refractivity contribution in [2.45, 2.75) is 44.8 Å². The van der Waals surface area contributed by atoms with Crippen molar-refractivity contribution in [3.05, 3.63) is 143 Å². The number of aromatic carboxylic acids is 1. The maximum absolute atomic E-state index is 13.4. The zero-order valence-corrected chi connectivity index (χ0v) is 27.6. The molecule has 274 valence electrons. The summed E-state index contributed by atoms with van der Waals surface area (Å²) in [5.74, 6) is -1.31. The molecule has 5 aromatic rings. The zero-order chi connectivity index (χ0) is 38.2. The predicted octanol–water partition coefficient (Wildman–Crippen LogP) is 7.23. The number of pyridine rings is 3. The maximum atomic E-state index is 13.4. The topological polar surface area (TPSA) is 135 Å². The van der Waals surface area contributed by atoms with Gasteiger partial charge >= 0.3 is 25.4 Å². The van der Waals surface area contributed by atoms with Crippen molar-refractivity contribution >= 4 is 29.7 Å². The Morgan fingerprint density at radius 2 is 1.23 bits per heavy atom. The van der Waals surface area contributed by atoms with E-state index in [-0.39, 0.29) is 36.2 Å². The van der Waals surface area contributed by atoms with Crippen molar-refractivity contribution in [2.24, 2.45) is 0 Å². The Morgan fingerprint density at radius 3 is 1.77 bits per heavy atom. The molecule has 0 aliphatic heterocycles. The summed E-state index contributed by atoms with van der Waals surface area (Å²) < 4.78 is 89.1. The molecule has 6 rings (SSSR count). The highest BCUT2D eigenvalue weighted by molar-refractivity contribution is 6.59. The number of benzene rings is 2. The van der Waals surface area contributed by atoms with Gasteiger partial charge in [-0.2, -0.15) is 26.3 Å². The van der Waals surface area contributed by atoms with E-state index in [0.29, 0.717) is 48.4 Å². The van der Waals surface area contributed by atoms with Gasteiger partial charge in [0.15, 0.2) is 0 Å². The highest BCUT2D eigenvalue weighted by Gasteiger charge is 2.34. The van der Waals surface area contributed by atoms with Crippen molar-refractivity contribution < 1.29 is 55.8 Å². The van der Waals surface area contributed by atoms with Crippen molar-refractivity contribution in [3.8, 4) is 11.8 Å². The van der Waals surface area contributed by atoms with Gasteiger partial charge in [0.1, 0.15) is 18.9 Å². The molecule has 3 heterocycles. The van der Waals surface area contributed by atoms with Crippen LogP contribution in [0.2, 0.25) is 0 Å². The summed E-state index contributed by atoms with van der Waals surface area (Å²) in [4.78, 5) is 23.0. The normalized spacial score (nSPS) is 12.9. The van der Waals surface area contributed by atoms with Crippen LogP contribution in [0.4, 0.5) is 26.3 Å². The van der Waals surface area contributed by atoms with E-state index >= 15 is 0 Å². The molecule has 9 nitrogen and oxygen atoms in total. The fraction of sp³-hybridized carbons (Fsp3) is 0.189. The first-order chi connectivity index (χ1) is 25.2. The molecule has 1 aliphatic rings. The summed E-state index contributed by atoms with van der Waals surface area (Å²) in [6.45, 7) is 0.209. The van der Waals surface area contributed by atoms with E-state index in [9.17, 15) is 36.2 Å². The molecule has 0 saturated carbocycles. The van der Waals surface area contributed by atoms with Gasteiger partial charge in [0.05, 0.1) is 16.8 Å². The first-order valence-electron chi connectivity index (χ1n) is 16.0. The quantitative estimate of drug-likeness (QED) is 0.100. The summed E-state index contributed by atoms with van der Waals surface area (Å²) in [5.41, 5.74) is 1.18. The van der Waals surface area contributed by atoms with Crippen LogP contribution in [0.3, 0.4) is 0 Å². The molecule has 16 heteroatoms. The lowest BCUT2D eigenvalue weighted by atomic mass is 9.80. The number of aromatic nitrogens is 3. The number of hydrogen-bond donors (Lipinski definition) is 3. The van der Waals surface area contributed by atoms with Gasteiger partial charge in [-0.25, -0.2) is 19.7 Å². The Balaban J connectivity index is 0.000000224. The van der Waals surface area contributed by atoms with Crippen LogP contribution in [0, 0.1) is 0 Å². The van der Waals surface area contributed by atoms with Gasteiger partial charge in [0.2, 0.25) is 11.8 Å². The van der Waals surface area contributed by atoms with Gasteiger partial charge in [-0.1, -0.05) is 66.7 Å². The van der Waals surface area contributed by atoms with E-state index in [2.05, 4.69) is 15.0 Å². The SMILES string of the molecule is O=C(O)c1cccc(C2=C(c3cc(C(F)(F)F)cnc3OCc3ccccc3)CCC2)n1.OB(O)c1cc(C(F)(F)F)cnc1OCc1ccccc1. The number of ether oxygens (including phenoxy) is 2. The third-order valence-corrected chi connectivity index (χ3v) is 7.92. The second kappa shape index (κ2) is 16.7. The van der Waals surface area contributed by atoms with Crippen LogP contribution in [0.15, 0.2) is 103 Å². The molecular weight excluding hydrogens is 707 g/mol. The molecule has 3 N–H and O–H groups in total. The lowest BCUT2D eigenvalue weighted by molar-refractivity contribution is -0.138. The lowest BCUT2D eigenvalue weighted by Gasteiger charge is -2.16. The molecule has 0 unspecified atom stereocenters. The minimum atomic E-state index is -4.62. The molecule has 0 radical (unpaired) electrons. The Kier molecular flexibility index (Phi) is 12.2. The van der Waals surface area contributed by atoms with Crippen molar-refractivity contribution in [1.82, 2.24) is 15.0 Å². The Hall–Kier alpha value is -5.74. The maximum Gasteiger partial charge on any atom is 0.494 e. The molecule has 2 aromatic carbocycles. The largest absolute Gasteiger partial charge is 0.494 e. The summed E-state index contributed by atoms with van der Waals surface area (Å²) in [5, 5.41) is 27.6. The zero-order valence-electron chi connectivity index (χ0n) is 27.6. The van der Waals surface area contributed by atoms with Crippen LogP contribution in [0.1, 0.15) is 63.3 Å².